The number of hydrogen-bond acceptors (Lipinski definition) is 4. The molecule has 0 bridgehead atoms. The van der Waals surface area contributed by atoms with Crippen LogP contribution in [0.4, 0.5) is 0 Å². The third kappa shape index (κ3) is 2.48. The maximum Gasteiger partial charge on any atom is 0.176 e. The van der Waals surface area contributed by atoms with E-state index in [0.29, 0.717) is 22.9 Å². The molecular formula is C23H17BrClNO3. The van der Waals surface area contributed by atoms with Gasteiger partial charge in [-0.3, -0.25) is 4.98 Å². The Kier molecular flexibility index (Phi) is 4.32. The van der Waals surface area contributed by atoms with Crippen LogP contribution in [0.2, 0.25) is 5.02 Å². The summed E-state index contributed by atoms with van der Waals surface area (Å²) in [5.41, 5.74) is -0.656. The van der Waals surface area contributed by atoms with Gasteiger partial charge in [-0.15, -0.1) is 0 Å². The number of halogens is 2. The summed E-state index contributed by atoms with van der Waals surface area (Å²) in [5, 5.41) is 12.6. The molecule has 4 nitrogen and oxygen atoms in total. The molecule has 2 aromatic carbocycles. The van der Waals surface area contributed by atoms with Gasteiger partial charge in [0.2, 0.25) is 0 Å². The number of hydrogen-bond donors (Lipinski definition) is 1. The van der Waals surface area contributed by atoms with Crippen LogP contribution in [0.3, 0.4) is 0 Å². The van der Waals surface area contributed by atoms with Crippen molar-refractivity contribution >= 4 is 33.8 Å². The lowest BCUT2D eigenvalue weighted by Crippen LogP contribution is -2.51. The van der Waals surface area contributed by atoms with E-state index in [9.17, 15) is 9.90 Å². The number of rotatable bonds is 3. The van der Waals surface area contributed by atoms with Crippen LogP contribution in [0.5, 0.6) is 5.75 Å². The molecule has 146 valence electrons. The number of nitrogens with zero attached hydrogens (tertiary/aromatic N) is 1. The molecule has 0 spiro atoms. The van der Waals surface area contributed by atoms with E-state index < -0.39 is 17.1 Å². The molecule has 1 N–H and O–H groups in total. The molecule has 0 amide bonds. The van der Waals surface area contributed by atoms with Crippen LogP contribution in [0.15, 0.2) is 71.3 Å². The van der Waals surface area contributed by atoms with Gasteiger partial charge in [0, 0.05) is 22.7 Å². The van der Waals surface area contributed by atoms with E-state index in [2.05, 4.69) is 20.9 Å². The number of pyridine rings is 1. The number of aliphatic hydroxyl groups is 1. The van der Waals surface area contributed by atoms with Crippen LogP contribution in [0.1, 0.15) is 29.2 Å². The topological polar surface area (TPSA) is 59.4 Å². The predicted octanol–water partition coefficient (Wildman–Crippen LogP) is 4.98. The highest BCUT2D eigenvalue weighted by Gasteiger charge is 2.73. The SMILES string of the molecule is O=C[C@H]1C[C@@H](c2ccccc2)[C@]2(c3ccc(Br)cc3)Oc3cc(Cl)cnc3[C@]12O. The Morgan fingerprint density at radius 3 is 2.59 bits per heavy atom. The molecule has 1 aliphatic carbocycles. The van der Waals surface area contributed by atoms with E-state index >= 15 is 0 Å². The van der Waals surface area contributed by atoms with Crippen molar-refractivity contribution in [3.05, 3.63) is 93.2 Å². The molecule has 1 aliphatic heterocycles. The number of carbonyl (C=O) groups is 1. The molecule has 5 rings (SSSR count). The molecular weight excluding hydrogens is 454 g/mol. The summed E-state index contributed by atoms with van der Waals surface area (Å²) < 4.78 is 7.47. The molecule has 3 aromatic rings. The van der Waals surface area contributed by atoms with Crippen LogP contribution >= 0.6 is 27.5 Å². The number of carbonyl (C=O) groups excluding carboxylic acids is 1. The lowest BCUT2D eigenvalue weighted by molar-refractivity contribution is -0.141. The van der Waals surface area contributed by atoms with E-state index in [0.717, 1.165) is 21.9 Å². The molecule has 2 aliphatic rings. The Balaban J connectivity index is 1.82. The fraction of sp³-hybridized carbons (Fsp3) is 0.217. The molecule has 29 heavy (non-hydrogen) atoms. The van der Waals surface area contributed by atoms with Crippen molar-refractivity contribution in [3.63, 3.8) is 0 Å². The predicted molar refractivity (Wildman–Crippen MR) is 113 cm³/mol. The summed E-state index contributed by atoms with van der Waals surface area (Å²) in [4.78, 5) is 16.6. The van der Waals surface area contributed by atoms with Gasteiger partial charge in [-0.25, -0.2) is 0 Å². The molecule has 4 atom stereocenters. The molecule has 0 saturated heterocycles. The first-order valence-corrected chi connectivity index (χ1v) is 10.5. The maximum atomic E-state index is 12.2. The summed E-state index contributed by atoms with van der Waals surface area (Å²) in [5.74, 6) is -0.514. The van der Waals surface area contributed by atoms with E-state index in [1.54, 1.807) is 6.07 Å². The summed E-state index contributed by atoms with van der Waals surface area (Å²) in [6.45, 7) is 0. The first-order chi connectivity index (χ1) is 14.0. The maximum absolute atomic E-state index is 12.2. The van der Waals surface area contributed by atoms with Gasteiger partial charge in [-0.2, -0.15) is 0 Å². The average molecular weight is 471 g/mol. The average Bonchev–Trinajstić information content (AvgIpc) is 3.13. The van der Waals surface area contributed by atoms with E-state index in [1.807, 2.05) is 54.6 Å². The van der Waals surface area contributed by atoms with Crippen molar-refractivity contribution in [2.24, 2.45) is 5.92 Å². The standard InChI is InChI=1S/C23H17BrClNO3/c24-17-8-6-15(7-9-17)23-19(14-4-2-1-3-5-14)10-16(13-27)22(23,28)21-20(29-23)11-18(25)12-26-21/h1-9,11-13,16,19,28H,10H2/t16-,19+,22-,23+/m1/s1. The Labute approximate surface area is 181 Å². The lowest BCUT2D eigenvalue weighted by atomic mass is 9.71. The Bertz CT molecular complexity index is 1090. The van der Waals surface area contributed by atoms with Gasteiger partial charge in [-0.1, -0.05) is 70.0 Å². The zero-order valence-electron chi connectivity index (χ0n) is 15.3. The van der Waals surface area contributed by atoms with Crippen molar-refractivity contribution in [1.82, 2.24) is 4.98 Å². The van der Waals surface area contributed by atoms with Gasteiger partial charge < -0.3 is 14.6 Å². The monoisotopic (exact) mass is 469 g/mol. The van der Waals surface area contributed by atoms with Gasteiger partial charge in [0.05, 0.1) is 10.9 Å². The van der Waals surface area contributed by atoms with Crippen LogP contribution in [0, 0.1) is 5.92 Å². The molecule has 6 heteroatoms. The van der Waals surface area contributed by atoms with Crippen LogP contribution < -0.4 is 4.74 Å². The third-order valence-corrected chi connectivity index (χ3v) is 6.91. The third-order valence-electron chi connectivity index (χ3n) is 6.17. The van der Waals surface area contributed by atoms with Crippen molar-refractivity contribution in [3.8, 4) is 5.75 Å². The normalized spacial score (nSPS) is 29.8. The molecule has 2 heterocycles. The zero-order chi connectivity index (χ0) is 20.2. The smallest absolute Gasteiger partial charge is 0.176 e. The second kappa shape index (κ2) is 6.66. The highest BCUT2D eigenvalue weighted by atomic mass is 79.9. The largest absolute Gasteiger partial charge is 0.476 e. The Hall–Kier alpha value is -2.21. The molecule has 1 aromatic heterocycles. The summed E-state index contributed by atoms with van der Waals surface area (Å²) >= 11 is 9.63. The van der Waals surface area contributed by atoms with Crippen molar-refractivity contribution in [1.29, 1.82) is 0 Å². The van der Waals surface area contributed by atoms with Crippen LogP contribution in [0.25, 0.3) is 0 Å². The van der Waals surface area contributed by atoms with Crippen LogP contribution in [-0.2, 0) is 16.0 Å². The van der Waals surface area contributed by atoms with Crippen molar-refractivity contribution in [2.45, 2.75) is 23.5 Å². The fourth-order valence-electron chi connectivity index (χ4n) is 4.98. The summed E-state index contributed by atoms with van der Waals surface area (Å²) in [6, 6.07) is 19.2. The van der Waals surface area contributed by atoms with Crippen molar-refractivity contribution in [2.75, 3.05) is 0 Å². The minimum atomic E-state index is -1.61. The first kappa shape index (κ1) is 18.8. The second-order valence-corrected chi connectivity index (χ2v) is 8.90. The summed E-state index contributed by atoms with van der Waals surface area (Å²) in [6.07, 6.45) is 2.76. The van der Waals surface area contributed by atoms with Crippen LogP contribution in [-0.4, -0.2) is 16.4 Å². The molecule has 0 unspecified atom stereocenters. The van der Waals surface area contributed by atoms with Gasteiger partial charge in [0.25, 0.3) is 0 Å². The summed E-state index contributed by atoms with van der Waals surface area (Å²) in [7, 11) is 0. The molecule has 0 radical (unpaired) electrons. The lowest BCUT2D eigenvalue weighted by Gasteiger charge is -2.40. The van der Waals surface area contributed by atoms with Gasteiger partial charge in [-0.05, 0) is 29.7 Å². The number of fused-ring (bicyclic) bond motifs is 3. The fourth-order valence-corrected chi connectivity index (χ4v) is 5.39. The molecule has 1 fully saturated rings. The quantitative estimate of drug-likeness (QED) is 0.549. The Morgan fingerprint density at radius 2 is 1.90 bits per heavy atom. The number of aromatic nitrogens is 1. The Morgan fingerprint density at radius 1 is 1.17 bits per heavy atom. The number of aldehydes is 1. The van der Waals surface area contributed by atoms with Crippen molar-refractivity contribution < 1.29 is 14.6 Å². The van der Waals surface area contributed by atoms with E-state index in [1.165, 1.54) is 6.20 Å². The minimum absolute atomic E-state index is 0.252. The number of benzene rings is 2. The van der Waals surface area contributed by atoms with Gasteiger partial charge >= 0.3 is 0 Å². The highest BCUT2D eigenvalue weighted by Crippen LogP contribution is 2.67. The second-order valence-electron chi connectivity index (χ2n) is 7.55. The minimum Gasteiger partial charge on any atom is -0.476 e. The van der Waals surface area contributed by atoms with Gasteiger partial charge in [0.1, 0.15) is 17.7 Å². The highest BCUT2D eigenvalue weighted by molar-refractivity contribution is 9.10. The molecule has 1 saturated carbocycles. The first-order valence-electron chi connectivity index (χ1n) is 9.34. The van der Waals surface area contributed by atoms with Gasteiger partial charge in [0.15, 0.2) is 11.2 Å². The van der Waals surface area contributed by atoms with E-state index in [4.69, 9.17) is 16.3 Å². The number of ether oxygens (including phenoxy) is 1. The van der Waals surface area contributed by atoms with E-state index in [-0.39, 0.29) is 5.92 Å². The zero-order valence-corrected chi connectivity index (χ0v) is 17.6.